The van der Waals surface area contributed by atoms with Crippen molar-refractivity contribution in [1.29, 1.82) is 0 Å². The monoisotopic (exact) mass is 537 g/mol. The maximum atomic E-state index is 12.6. The summed E-state index contributed by atoms with van der Waals surface area (Å²) in [6, 6.07) is 3.96. The van der Waals surface area contributed by atoms with E-state index in [4.69, 9.17) is 18.9 Å². The van der Waals surface area contributed by atoms with Gasteiger partial charge in [-0.05, 0) is 57.2 Å². The highest BCUT2D eigenvalue weighted by molar-refractivity contribution is 5.81. The fraction of sp³-hybridized carbons (Fsp3) is 0.643. The Morgan fingerprint density at radius 1 is 0.868 bits per heavy atom. The van der Waals surface area contributed by atoms with E-state index in [0.29, 0.717) is 18.4 Å². The zero-order valence-corrected chi connectivity index (χ0v) is 24.0. The molecule has 0 bridgehead atoms. The topological polar surface area (TPSA) is 137 Å². The van der Waals surface area contributed by atoms with Crippen LogP contribution in [0.25, 0.3) is 0 Å². The van der Waals surface area contributed by atoms with E-state index in [2.05, 4.69) is 5.32 Å². The van der Waals surface area contributed by atoms with Gasteiger partial charge in [-0.25, -0.2) is 9.59 Å². The van der Waals surface area contributed by atoms with Gasteiger partial charge in [-0.15, -0.1) is 0 Å². The molecule has 0 amide bonds. The first-order valence-corrected chi connectivity index (χ1v) is 13.1. The number of carboxylic acids is 1. The van der Waals surface area contributed by atoms with Crippen LogP contribution in [0.1, 0.15) is 80.7 Å². The molecule has 1 aromatic rings. The number of aliphatic carboxylic acids is 1. The number of rotatable bonds is 14. The molecule has 1 aromatic carbocycles. The van der Waals surface area contributed by atoms with Crippen molar-refractivity contribution in [3.63, 3.8) is 0 Å². The van der Waals surface area contributed by atoms with Crippen LogP contribution in [-0.4, -0.2) is 47.0 Å². The summed E-state index contributed by atoms with van der Waals surface area (Å²) in [5, 5.41) is 13.0. The first-order chi connectivity index (χ1) is 17.6. The van der Waals surface area contributed by atoms with Crippen molar-refractivity contribution in [2.45, 2.75) is 99.4 Å². The Labute approximate surface area is 225 Å². The molecule has 0 spiro atoms. The molecule has 0 fully saturated rings. The van der Waals surface area contributed by atoms with E-state index < -0.39 is 41.8 Å². The van der Waals surface area contributed by atoms with Crippen LogP contribution >= 0.6 is 0 Å². The number of esters is 2. The first-order valence-electron chi connectivity index (χ1n) is 13.1. The number of nitrogens with one attached hydrogen (secondary N) is 1. The molecule has 4 atom stereocenters. The molecule has 0 aliphatic heterocycles. The molecule has 214 valence electrons. The minimum atomic E-state index is -2.19. The molecule has 2 N–H and O–H groups in total. The van der Waals surface area contributed by atoms with Crippen LogP contribution in [0.2, 0.25) is 0 Å². The second-order valence-corrected chi connectivity index (χ2v) is 10.3. The second kappa shape index (κ2) is 14.7. The van der Waals surface area contributed by atoms with E-state index in [9.17, 15) is 24.3 Å². The summed E-state index contributed by atoms with van der Waals surface area (Å²) >= 11 is 0. The smallest absolute Gasteiger partial charge is 0.477 e. The Morgan fingerprint density at radius 2 is 1.39 bits per heavy atom. The summed E-state index contributed by atoms with van der Waals surface area (Å²) in [5.74, 6) is -3.28. The number of ether oxygens (including phenoxy) is 4. The third-order valence-electron chi connectivity index (χ3n) is 6.26. The van der Waals surface area contributed by atoms with Crippen molar-refractivity contribution in [3.8, 4) is 11.5 Å². The second-order valence-electron chi connectivity index (χ2n) is 10.3. The van der Waals surface area contributed by atoms with Crippen molar-refractivity contribution in [3.05, 3.63) is 23.8 Å². The van der Waals surface area contributed by atoms with Crippen LogP contribution in [0.5, 0.6) is 11.5 Å². The third-order valence-corrected chi connectivity index (χ3v) is 6.26. The van der Waals surface area contributed by atoms with Gasteiger partial charge in [0.1, 0.15) is 6.10 Å². The van der Waals surface area contributed by atoms with Crippen molar-refractivity contribution in [1.82, 2.24) is 5.32 Å². The summed E-state index contributed by atoms with van der Waals surface area (Å²) in [7, 11) is 0. The zero-order chi connectivity index (χ0) is 29.2. The Balaban J connectivity index is 3.46. The van der Waals surface area contributed by atoms with Gasteiger partial charge in [-0.1, -0.05) is 47.6 Å². The average molecular weight is 538 g/mol. The molecule has 38 heavy (non-hydrogen) atoms. The highest BCUT2D eigenvalue weighted by atomic mass is 16.7. The molecule has 0 radical (unpaired) electrons. The molecule has 1 rings (SSSR count). The SMILES string of the molecule is CCC(C)C(=O)Oc1ccc(C[C@](NC(C)C)(OC(=O)OC(C)C(C)C)C(=O)O)cc1OC(=O)C(C)CC. The number of carbonyl (C=O) groups is 4. The molecule has 0 aliphatic rings. The lowest BCUT2D eigenvalue weighted by Gasteiger charge is -2.32. The number of carbonyl (C=O) groups excluding carboxylic acids is 3. The van der Waals surface area contributed by atoms with Crippen LogP contribution in [0.4, 0.5) is 4.79 Å². The van der Waals surface area contributed by atoms with Crippen molar-refractivity contribution < 1.29 is 43.2 Å². The third kappa shape index (κ3) is 9.63. The van der Waals surface area contributed by atoms with Gasteiger partial charge >= 0.3 is 24.1 Å². The van der Waals surface area contributed by atoms with Crippen molar-refractivity contribution in [2.24, 2.45) is 17.8 Å². The first kappa shape index (κ1) is 32.9. The minimum Gasteiger partial charge on any atom is -0.477 e. The Bertz CT molecular complexity index is 975. The summed E-state index contributed by atoms with van der Waals surface area (Å²) in [6.45, 7) is 15.9. The van der Waals surface area contributed by atoms with E-state index in [1.807, 2.05) is 27.7 Å². The molecule has 10 nitrogen and oxygen atoms in total. The van der Waals surface area contributed by atoms with Gasteiger partial charge in [-0.3, -0.25) is 14.9 Å². The molecule has 0 aliphatic carbocycles. The molecule has 0 saturated heterocycles. The molecular formula is C28H43NO9. The Hall–Kier alpha value is -3.14. The molecule has 10 heteroatoms. The predicted octanol–water partition coefficient (Wildman–Crippen LogP) is 5.11. The van der Waals surface area contributed by atoms with E-state index in [0.717, 1.165) is 0 Å². The van der Waals surface area contributed by atoms with E-state index in [1.54, 1.807) is 34.6 Å². The fourth-order valence-corrected chi connectivity index (χ4v) is 3.08. The largest absolute Gasteiger partial charge is 0.510 e. The lowest BCUT2D eigenvalue weighted by molar-refractivity contribution is -0.168. The molecule has 0 aromatic heterocycles. The van der Waals surface area contributed by atoms with Gasteiger partial charge in [-0.2, -0.15) is 0 Å². The highest BCUT2D eigenvalue weighted by Crippen LogP contribution is 2.32. The lowest BCUT2D eigenvalue weighted by atomic mass is 10.0. The van der Waals surface area contributed by atoms with E-state index in [-0.39, 0.29) is 35.8 Å². The highest BCUT2D eigenvalue weighted by Gasteiger charge is 2.44. The standard InChI is InChI=1S/C28H43NO9/c1-10-18(7)24(30)36-22-13-12-21(14-23(22)37-25(31)19(8)11-2)15-28(26(32)33,29-17(5)6)38-27(34)35-20(9)16(3)4/h12-14,16-20,29H,10-11,15H2,1-9H3,(H,32,33)/t18?,19?,20?,28-/m0/s1. The lowest BCUT2D eigenvalue weighted by Crippen LogP contribution is -2.59. The average Bonchev–Trinajstić information content (AvgIpc) is 2.83. The summed E-state index contributed by atoms with van der Waals surface area (Å²) in [4.78, 5) is 50.0. The van der Waals surface area contributed by atoms with Gasteiger partial charge in [0, 0.05) is 12.5 Å². The van der Waals surface area contributed by atoms with Crippen molar-refractivity contribution in [2.75, 3.05) is 0 Å². The molecule has 0 heterocycles. The Morgan fingerprint density at radius 3 is 1.84 bits per heavy atom. The van der Waals surface area contributed by atoms with Crippen LogP contribution in [0, 0.1) is 17.8 Å². The number of hydrogen-bond donors (Lipinski definition) is 2. The summed E-state index contributed by atoms with van der Waals surface area (Å²) in [6.07, 6.45) is -0.877. The van der Waals surface area contributed by atoms with Crippen LogP contribution < -0.4 is 14.8 Å². The Kier molecular flexibility index (Phi) is 12.7. The summed E-state index contributed by atoms with van der Waals surface area (Å²) < 4.78 is 21.7. The van der Waals surface area contributed by atoms with Gasteiger partial charge in [0.2, 0.25) is 0 Å². The maximum Gasteiger partial charge on any atom is 0.510 e. The number of carboxylic acid groups (broad SMARTS) is 1. The fourth-order valence-electron chi connectivity index (χ4n) is 3.08. The molecule has 0 saturated carbocycles. The number of benzene rings is 1. The van der Waals surface area contributed by atoms with Gasteiger partial charge in [0.25, 0.3) is 5.72 Å². The van der Waals surface area contributed by atoms with E-state index in [1.165, 1.54) is 18.2 Å². The van der Waals surface area contributed by atoms with Gasteiger partial charge in [0.05, 0.1) is 11.8 Å². The molecule has 3 unspecified atom stereocenters. The van der Waals surface area contributed by atoms with Crippen LogP contribution in [-0.2, 0) is 30.3 Å². The zero-order valence-electron chi connectivity index (χ0n) is 24.0. The summed E-state index contributed by atoms with van der Waals surface area (Å²) in [5.41, 5.74) is -1.84. The van der Waals surface area contributed by atoms with Crippen molar-refractivity contribution >= 4 is 24.1 Å². The minimum absolute atomic E-state index is 0.00623. The van der Waals surface area contributed by atoms with Gasteiger partial charge in [0.15, 0.2) is 11.5 Å². The van der Waals surface area contributed by atoms with Gasteiger partial charge < -0.3 is 24.1 Å². The molecular weight excluding hydrogens is 494 g/mol. The van der Waals surface area contributed by atoms with Crippen LogP contribution in [0.15, 0.2) is 18.2 Å². The van der Waals surface area contributed by atoms with E-state index >= 15 is 0 Å². The maximum absolute atomic E-state index is 12.6. The quantitative estimate of drug-likeness (QED) is 0.187. The van der Waals surface area contributed by atoms with Crippen LogP contribution in [0.3, 0.4) is 0 Å². The number of hydrogen-bond acceptors (Lipinski definition) is 9. The predicted molar refractivity (Wildman–Crippen MR) is 141 cm³/mol. The normalized spacial score (nSPS) is 15.2.